The third kappa shape index (κ3) is 14.2. The first-order chi connectivity index (χ1) is 37.6. The zero-order valence-corrected chi connectivity index (χ0v) is 49.7. The fourth-order valence-corrected chi connectivity index (χ4v) is 14.4. The number of hydrogen-bond acceptors (Lipinski definition) is 12. The minimum atomic E-state index is -4.84. The highest BCUT2D eigenvalue weighted by Gasteiger charge is 2.53. The molecule has 4 fully saturated rings. The van der Waals surface area contributed by atoms with Crippen molar-refractivity contribution < 1.29 is 74.1 Å². The number of thioether (sulfide) groups is 2. The van der Waals surface area contributed by atoms with Crippen LogP contribution in [0.15, 0.2) is 34.1 Å². The van der Waals surface area contributed by atoms with Crippen molar-refractivity contribution in [3.8, 4) is 0 Å². The number of nitrogens with one attached hydrogen (secondary N) is 1. The summed E-state index contributed by atoms with van der Waals surface area (Å²) in [5, 5.41) is 2.51. The Bertz CT molecular complexity index is 2750. The lowest BCUT2D eigenvalue weighted by molar-refractivity contribution is -0.139. The molecule has 81 heavy (non-hydrogen) atoms. The molecule has 0 aromatic heterocycles. The number of rotatable bonds is 9. The van der Waals surface area contributed by atoms with Gasteiger partial charge in [-0.15, -0.1) is 23.5 Å². The molecule has 4 heterocycles. The third-order valence-electron chi connectivity index (χ3n) is 15.3. The first kappa shape index (κ1) is 63.2. The van der Waals surface area contributed by atoms with Gasteiger partial charge in [-0.25, -0.2) is 14.4 Å². The van der Waals surface area contributed by atoms with Gasteiger partial charge in [0.05, 0.1) is 56.6 Å². The first-order valence-corrected chi connectivity index (χ1v) is 29.4. The third-order valence-corrected chi connectivity index (χ3v) is 18.5. The number of carbonyl (C=O) groups is 7. The Morgan fingerprint density at radius 1 is 0.667 bits per heavy atom. The summed E-state index contributed by atoms with van der Waals surface area (Å²) in [6.45, 7) is 18.7. The Labute approximate surface area is 478 Å². The average molecular weight is 1180 g/mol. The Morgan fingerprint density at radius 2 is 1.11 bits per heavy atom. The molecule has 2 saturated heterocycles. The molecule has 6 amide bonds. The number of benzene rings is 2. The normalized spacial score (nSPS) is 20.6. The van der Waals surface area contributed by atoms with E-state index in [4.69, 9.17) is 9.47 Å². The number of alkyl carbamates (subject to hydrolysis) is 1. The molecule has 2 aromatic carbocycles. The summed E-state index contributed by atoms with van der Waals surface area (Å²) in [7, 11) is 1.20. The molecule has 448 valence electrons. The van der Waals surface area contributed by atoms with E-state index in [1.165, 1.54) is 55.5 Å². The van der Waals surface area contributed by atoms with Gasteiger partial charge in [0.25, 0.3) is 11.8 Å². The number of nitrogens with zero attached hydrogens (tertiary/aromatic N) is 5. The minimum absolute atomic E-state index is 0.00357. The van der Waals surface area contributed by atoms with Crippen LogP contribution in [0.25, 0.3) is 0 Å². The van der Waals surface area contributed by atoms with Gasteiger partial charge in [0.15, 0.2) is 5.78 Å². The number of methoxy groups -OCH3 is 1. The van der Waals surface area contributed by atoms with E-state index in [0.717, 1.165) is 36.7 Å². The van der Waals surface area contributed by atoms with Crippen molar-refractivity contribution in [2.24, 2.45) is 0 Å². The number of hydrogen-bond donors (Lipinski definition) is 1. The molecule has 8 rings (SSSR count). The second kappa shape index (κ2) is 24.1. The lowest BCUT2D eigenvalue weighted by atomic mass is 9.78. The number of halogens is 6. The number of alkyl halides is 6. The maximum Gasteiger partial charge on any atom is 0.417 e. The highest BCUT2D eigenvalue weighted by molar-refractivity contribution is 8.02. The zero-order valence-electron chi connectivity index (χ0n) is 48.0. The van der Waals surface area contributed by atoms with Gasteiger partial charge in [-0.2, -0.15) is 26.3 Å². The molecule has 0 radical (unpaired) electrons. The maximum absolute atomic E-state index is 14.6. The van der Waals surface area contributed by atoms with E-state index >= 15 is 0 Å². The number of amides is 6. The van der Waals surface area contributed by atoms with Crippen molar-refractivity contribution in [2.75, 3.05) is 51.3 Å². The molecule has 4 aliphatic heterocycles. The fourth-order valence-electron chi connectivity index (χ4n) is 11.3. The van der Waals surface area contributed by atoms with Crippen LogP contribution in [-0.2, 0) is 42.6 Å². The zero-order chi connectivity index (χ0) is 59.9. The number of ether oxygens (including phenoxy) is 3. The second-order valence-electron chi connectivity index (χ2n) is 24.3. The van der Waals surface area contributed by atoms with Crippen LogP contribution in [0.1, 0.15) is 171 Å². The summed E-state index contributed by atoms with van der Waals surface area (Å²) < 4.78 is 101. The molecular formula is C57H76F6N6O10S2. The van der Waals surface area contributed by atoms with Crippen molar-refractivity contribution in [1.29, 1.82) is 0 Å². The summed E-state index contributed by atoms with van der Waals surface area (Å²) >= 11 is 2.34. The molecule has 1 N–H and O–H groups in total. The van der Waals surface area contributed by atoms with Crippen LogP contribution in [-0.4, -0.2) is 153 Å². The number of carbonyl (C=O) groups excluding carboxylic acids is 7. The number of likely N-dealkylation sites (tertiary alicyclic amines) is 2. The summed E-state index contributed by atoms with van der Waals surface area (Å²) in [5.41, 5.74) is -3.79. The van der Waals surface area contributed by atoms with Gasteiger partial charge in [-0.05, 0) is 163 Å². The molecule has 0 bridgehead atoms. The summed E-state index contributed by atoms with van der Waals surface area (Å²) in [6, 6.07) is 2.59. The Balaban J connectivity index is 0.000000237. The first-order valence-electron chi connectivity index (χ1n) is 27.7. The lowest BCUT2D eigenvalue weighted by Gasteiger charge is -2.47. The Kier molecular flexibility index (Phi) is 18.8. The molecule has 2 spiro atoms. The van der Waals surface area contributed by atoms with Gasteiger partial charge in [-0.3, -0.25) is 19.2 Å². The van der Waals surface area contributed by atoms with Gasteiger partial charge >= 0.3 is 30.6 Å². The molecule has 24 heteroatoms. The predicted molar refractivity (Wildman–Crippen MR) is 294 cm³/mol. The largest absolute Gasteiger partial charge is 0.453 e. The van der Waals surface area contributed by atoms with Gasteiger partial charge in [-0.1, -0.05) is 0 Å². The standard InChI is InChI=1S/C30H41F3N4O6S.C27H35F3N2O4S/c1-18(2)37(19-9-7-13-35(17-19)27(41)43-28(3,4)5)24(38)20-15-22-23(16-21(20)30(31,32)33)44-29(10-8-11-29)25(39)36(22)14-12-34-26(40)42-6;1-16(2)32(18-8-6-11-31(15-18)24(35)36-25(3,4)5)23(34)19-12-17-13-22(33)26(9-7-10-26)37-21(17)14-20(19)27(28,29)30/h15-16,18-19H,7-14,17H2,1-6H3,(H,34,40);12,14,16,18H,6-11,13,15H2,1-5H3/t19-;18-/m11/s1. The summed E-state index contributed by atoms with van der Waals surface area (Å²) in [4.78, 5) is 99.6. The molecular weight excluding hydrogens is 1110 g/mol. The average Bonchev–Trinajstić information content (AvgIpc) is 3.42. The van der Waals surface area contributed by atoms with Crippen LogP contribution in [0, 0.1) is 0 Å². The van der Waals surface area contributed by atoms with Crippen LogP contribution in [0.5, 0.6) is 0 Å². The summed E-state index contributed by atoms with van der Waals surface area (Å²) in [6.07, 6.45) is -5.01. The Morgan fingerprint density at radius 3 is 1.52 bits per heavy atom. The summed E-state index contributed by atoms with van der Waals surface area (Å²) in [5.74, 6) is -1.80. The van der Waals surface area contributed by atoms with E-state index in [0.29, 0.717) is 74.9 Å². The molecule has 16 nitrogen and oxygen atoms in total. The van der Waals surface area contributed by atoms with Crippen molar-refractivity contribution in [2.45, 2.75) is 207 Å². The highest BCUT2D eigenvalue weighted by Crippen LogP contribution is 2.57. The van der Waals surface area contributed by atoms with Crippen molar-refractivity contribution in [1.82, 2.24) is 24.9 Å². The fraction of sp³-hybridized carbons (Fsp3) is 0.667. The molecule has 2 atom stereocenters. The smallest absolute Gasteiger partial charge is 0.417 e. The van der Waals surface area contributed by atoms with Crippen LogP contribution in [0.2, 0.25) is 0 Å². The van der Waals surface area contributed by atoms with Crippen LogP contribution >= 0.6 is 23.5 Å². The van der Waals surface area contributed by atoms with Gasteiger partial charge in [0.2, 0.25) is 5.91 Å². The van der Waals surface area contributed by atoms with Crippen LogP contribution in [0.4, 0.5) is 46.4 Å². The van der Waals surface area contributed by atoms with Gasteiger partial charge in [0.1, 0.15) is 11.2 Å². The Hall–Kier alpha value is -5.39. The SMILES string of the molecule is CC(C)N(C(=O)c1cc2c(cc1C(F)(F)F)SC1(CCC1)C(=O)C2)[C@@H]1CCCN(C(=O)OC(C)(C)C)C1.COC(=O)NCCN1C(=O)C2(CCC2)Sc2cc(C(F)(F)F)c(C(=O)N(C(C)C)[C@@H]3CCCN(C(=O)OC(C)(C)C)C3)cc21. The highest BCUT2D eigenvalue weighted by atomic mass is 32.2. The van der Waals surface area contributed by atoms with Crippen molar-refractivity contribution in [3.63, 3.8) is 0 Å². The minimum Gasteiger partial charge on any atom is -0.453 e. The maximum atomic E-state index is 14.6. The topological polar surface area (TPSA) is 175 Å². The van der Waals surface area contributed by atoms with Gasteiger partial charge < -0.3 is 44.0 Å². The number of fused-ring (bicyclic) bond motifs is 2. The molecule has 2 saturated carbocycles. The predicted octanol–water partition coefficient (Wildman–Crippen LogP) is 11.8. The number of piperidine rings is 2. The van der Waals surface area contributed by atoms with Crippen molar-refractivity contribution >= 4 is 71.0 Å². The number of Topliss-reactive ketones (excluding diaryl/α,β-unsaturated/α-hetero) is 1. The van der Waals surface area contributed by atoms with Crippen LogP contribution < -0.4 is 10.2 Å². The van der Waals surface area contributed by atoms with Crippen molar-refractivity contribution in [3.05, 3.63) is 52.1 Å². The molecule has 6 aliphatic rings. The van der Waals surface area contributed by atoms with E-state index in [9.17, 15) is 59.9 Å². The molecule has 2 aromatic rings. The molecule has 0 unspecified atom stereocenters. The van der Waals surface area contributed by atoms with Crippen LogP contribution in [0.3, 0.4) is 0 Å². The van der Waals surface area contributed by atoms with E-state index in [2.05, 4.69) is 10.1 Å². The number of ketones is 1. The second-order valence-corrected chi connectivity index (χ2v) is 27.1. The lowest BCUT2D eigenvalue weighted by Crippen LogP contribution is -2.55. The van der Waals surface area contributed by atoms with Gasteiger partial charge in [0, 0.05) is 67.6 Å². The van der Waals surface area contributed by atoms with E-state index < -0.39 is 110 Å². The number of anilines is 1. The van der Waals surface area contributed by atoms with E-state index in [1.807, 2.05) is 0 Å². The van der Waals surface area contributed by atoms with E-state index in [1.54, 1.807) is 69.2 Å². The molecule has 2 aliphatic carbocycles. The quantitative estimate of drug-likeness (QED) is 0.186. The monoisotopic (exact) mass is 1180 g/mol. The van der Waals surface area contributed by atoms with E-state index in [-0.39, 0.29) is 54.9 Å².